The molecule has 4 N–H and O–H groups in total. The van der Waals surface area contributed by atoms with E-state index in [9.17, 15) is 18.0 Å². The highest BCUT2D eigenvalue weighted by atomic mass is 35.5. The van der Waals surface area contributed by atoms with Crippen molar-refractivity contribution in [1.29, 1.82) is 0 Å². The van der Waals surface area contributed by atoms with Crippen LogP contribution in [0.4, 0.5) is 5.69 Å². The normalized spacial score (nSPS) is 17.6. The van der Waals surface area contributed by atoms with Crippen molar-refractivity contribution >= 4 is 39.9 Å². The molecular weight excluding hydrogens is 380 g/mol. The molecule has 8 nitrogen and oxygen atoms in total. The van der Waals surface area contributed by atoms with Crippen molar-refractivity contribution < 1.29 is 18.0 Å². The molecule has 10 heteroatoms. The van der Waals surface area contributed by atoms with Gasteiger partial charge in [0.15, 0.2) is 0 Å². The number of amides is 2. The highest BCUT2D eigenvalue weighted by Crippen LogP contribution is 2.20. The van der Waals surface area contributed by atoms with Crippen LogP contribution in [0.25, 0.3) is 0 Å². The van der Waals surface area contributed by atoms with E-state index in [1.165, 1.54) is 12.1 Å². The second-order valence-electron chi connectivity index (χ2n) is 6.12. The number of rotatable bonds is 6. The molecule has 1 saturated heterocycles. The number of anilines is 1. The summed E-state index contributed by atoms with van der Waals surface area (Å²) >= 11 is 0. The van der Waals surface area contributed by atoms with Gasteiger partial charge in [-0.2, -0.15) is 4.31 Å². The van der Waals surface area contributed by atoms with Crippen molar-refractivity contribution in [3.63, 3.8) is 0 Å². The van der Waals surface area contributed by atoms with Crippen molar-refractivity contribution in [3.8, 4) is 0 Å². The SMILES string of the molecule is CCC(C)C(N)C(=O)Nc1cccc(S(=O)(=O)N2CCNC(=O)C2)c1.Cl. The van der Waals surface area contributed by atoms with Crippen LogP contribution in [-0.2, 0) is 19.6 Å². The van der Waals surface area contributed by atoms with Crippen molar-refractivity contribution in [2.24, 2.45) is 11.7 Å². The molecule has 0 spiro atoms. The minimum absolute atomic E-state index is 0. The number of nitrogens with one attached hydrogen (secondary N) is 2. The lowest BCUT2D eigenvalue weighted by molar-refractivity contribution is -0.122. The molecule has 1 aliphatic rings. The number of benzene rings is 1. The molecule has 2 amide bonds. The number of nitrogens with zero attached hydrogens (tertiary/aromatic N) is 1. The molecule has 1 aromatic carbocycles. The summed E-state index contributed by atoms with van der Waals surface area (Å²) in [6, 6.07) is 5.29. The fourth-order valence-electron chi connectivity index (χ4n) is 2.44. The van der Waals surface area contributed by atoms with Crippen molar-refractivity contribution in [1.82, 2.24) is 9.62 Å². The topological polar surface area (TPSA) is 122 Å². The summed E-state index contributed by atoms with van der Waals surface area (Å²) < 4.78 is 26.5. The highest BCUT2D eigenvalue weighted by molar-refractivity contribution is 7.89. The minimum Gasteiger partial charge on any atom is -0.354 e. The third-order valence-corrected chi connectivity index (χ3v) is 6.14. The highest BCUT2D eigenvalue weighted by Gasteiger charge is 2.29. The van der Waals surface area contributed by atoms with Crippen LogP contribution in [0, 0.1) is 5.92 Å². The van der Waals surface area contributed by atoms with E-state index in [1.807, 2.05) is 13.8 Å². The van der Waals surface area contributed by atoms with E-state index in [4.69, 9.17) is 5.73 Å². The molecular formula is C16H25ClN4O4S. The van der Waals surface area contributed by atoms with Crippen molar-refractivity contribution in [2.45, 2.75) is 31.2 Å². The van der Waals surface area contributed by atoms with Gasteiger partial charge in [-0.25, -0.2) is 8.42 Å². The maximum absolute atomic E-state index is 12.7. The van der Waals surface area contributed by atoms with Crippen LogP contribution in [0.5, 0.6) is 0 Å². The van der Waals surface area contributed by atoms with Gasteiger partial charge in [0, 0.05) is 18.8 Å². The summed E-state index contributed by atoms with van der Waals surface area (Å²) in [6.45, 7) is 4.10. The van der Waals surface area contributed by atoms with Gasteiger partial charge < -0.3 is 16.4 Å². The van der Waals surface area contributed by atoms with Gasteiger partial charge in [-0.3, -0.25) is 9.59 Å². The zero-order chi connectivity index (χ0) is 18.6. The van der Waals surface area contributed by atoms with Gasteiger partial charge in [-0.15, -0.1) is 12.4 Å². The van der Waals surface area contributed by atoms with Crippen LogP contribution >= 0.6 is 12.4 Å². The minimum atomic E-state index is -3.80. The Kier molecular flexibility index (Phi) is 8.01. The molecule has 26 heavy (non-hydrogen) atoms. The number of halogens is 1. The van der Waals surface area contributed by atoms with E-state index in [-0.39, 0.29) is 54.7 Å². The zero-order valence-corrected chi connectivity index (χ0v) is 16.4. The lowest BCUT2D eigenvalue weighted by Crippen LogP contribution is -2.49. The molecule has 2 atom stereocenters. The molecule has 0 aliphatic carbocycles. The lowest BCUT2D eigenvalue weighted by Gasteiger charge is -2.26. The van der Waals surface area contributed by atoms with Crippen LogP contribution in [-0.4, -0.2) is 50.2 Å². The molecule has 1 aliphatic heterocycles. The number of hydrogen-bond acceptors (Lipinski definition) is 5. The standard InChI is InChI=1S/C16H24N4O4S.ClH/c1-3-11(2)15(17)16(22)19-12-5-4-6-13(9-12)25(23,24)20-8-7-18-14(21)10-20;/h4-6,9,11,15H,3,7-8,10,17H2,1-2H3,(H,18,21)(H,19,22);1H. The molecule has 1 fully saturated rings. The van der Waals surface area contributed by atoms with Gasteiger partial charge in [-0.05, 0) is 24.1 Å². The monoisotopic (exact) mass is 404 g/mol. The maximum Gasteiger partial charge on any atom is 0.243 e. The molecule has 146 valence electrons. The van der Waals surface area contributed by atoms with Crippen molar-refractivity contribution in [3.05, 3.63) is 24.3 Å². The summed E-state index contributed by atoms with van der Waals surface area (Å²) in [4.78, 5) is 23.6. The molecule has 0 saturated carbocycles. The van der Waals surface area contributed by atoms with Crippen LogP contribution < -0.4 is 16.4 Å². The number of carbonyl (C=O) groups is 2. The number of hydrogen-bond donors (Lipinski definition) is 3. The van der Waals surface area contributed by atoms with Crippen LogP contribution in [0.1, 0.15) is 20.3 Å². The molecule has 2 unspecified atom stereocenters. The van der Waals surface area contributed by atoms with Gasteiger partial charge in [0.2, 0.25) is 21.8 Å². The van der Waals surface area contributed by atoms with Gasteiger partial charge in [0.05, 0.1) is 17.5 Å². The van der Waals surface area contributed by atoms with Crippen molar-refractivity contribution in [2.75, 3.05) is 25.0 Å². The fourth-order valence-corrected chi connectivity index (χ4v) is 3.89. The maximum atomic E-state index is 12.7. The molecule has 1 aromatic rings. The van der Waals surface area contributed by atoms with E-state index < -0.39 is 16.1 Å². The van der Waals surface area contributed by atoms with Gasteiger partial charge in [0.25, 0.3) is 0 Å². The first-order chi connectivity index (χ1) is 11.8. The third kappa shape index (κ3) is 5.16. The Morgan fingerprint density at radius 2 is 2.12 bits per heavy atom. The predicted octanol–water partition coefficient (Wildman–Crippen LogP) is 0.541. The van der Waals surface area contributed by atoms with E-state index in [0.717, 1.165) is 10.7 Å². The smallest absolute Gasteiger partial charge is 0.243 e. The predicted molar refractivity (Wildman–Crippen MR) is 102 cm³/mol. The number of nitrogens with two attached hydrogens (primary N) is 1. The fraction of sp³-hybridized carbons (Fsp3) is 0.500. The van der Waals surface area contributed by atoms with Gasteiger partial charge in [-0.1, -0.05) is 26.3 Å². The molecule has 1 heterocycles. The first-order valence-corrected chi connectivity index (χ1v) is 9.63. The van der Waals surface area contributed by atoms with E-state index in [0.29, 0.717) is 5.69 Å². The number of piperazine rings is 1. The van der Waals surface area contributed by atoms with Gasteiger partial charge >= 0.3 is 0 Å². The first-order valence-electron chi connectivity index (χ1n) is 8.19. The summed E-state index contributed by atoms with van der Waals surface area (Å²) in [5, 5.41) is 5.24. The van der Waals surface area contributed by atoms with Gasteiger partial charge in [0.1, 0.15) is 0 Å². The number of sulfonamides is 1. The third-order valence-electron chi connectivity index (χ3n) is 4.30. The largest absolute Gasteiger partial charge is 0.354 e. The average molecular weight is 405 g/mol. The summed E-state index contributed by atoms with van der Waals surface area (Å²) in [5.74, 6) is -0.682. The average Bonchev–Trinajstić information content (AvgIpc) is 2.60. The summed E-state index contributed by atoms with van der Waals surface area (Å²) in [5.41, 5.74) is 6.25. The van der Waals surface area contributed by atoms with E-state index in [1.54, 1.807) is 12.1 Å². The molecule has 0 aromatic heterocycles. The summed E-state index contributed by atoms with van der Waals surface area (Å²) in [7, 11) is -3.80. The zero-order valence-electron chi connectivity index (χ0n) is 14.8. The Morgan fingerprint density at radius 3 is 2.73 bits per heavy atom. The molecule has 0 radical (unpaired) electrons. The Bertz CT molecular complexity index is 756. The second kappa shape index (κ2) is 9.31. The van der Waals surface area contributed by atoms with E-state index in [2.05, 4.69) is 10.6 Å². The van der Waals surface area contributed by atoms with E-state index >= 15 is 0 Å². The molecule has 0 bridgehead atoms. The quantitative estimate of drug-likeness (QED) is 0.638. The molecule has 2 rings (SSSR count). The lowest BCUT2D eigenvalue weighted by atomic mass is 9.99. The Hall–Kier alpha value is -1.68. The first kappa shape index (κ1) is 22.4. The van der Waals surface area contributed by atoms with Crippen LogP contribution in [0.3, 0.4) is 0 Å². The summed E-state index contributed by atoms with van der Waals surface area (Å²) in [6.07, 6.45) is 0.764. The Balaban J connectivity index is 0.00000338. The Morgan fingerprint density at radius 1 is 1.42 bits per heavy atom. The van der Waals surface area contributed by atoms with Crippen LogP contribution in [0.2, 0.25) is 0 Å². The van der Waals surface area contributed by atoms with Crippen LogP contribution in [0.15, 0.2) is 29.2 Å². The number of carbonyl (C=O) groups excluding carboxylic acids is 2. The Labute approximate surface area is 160 Å². The second-order valence-corrected chi connectivity index (χ2v) is 8.05.